The second-order valence-electron chi connectivity index (χ2n) is 43.7. The summed E-state index contributed by atoms with van der Waals surface area (Å²) in [5.74, 6) is 1.59. The average Bonchev–Trinajstić information content (AvgIpc) is 1.48. The number of rotatable bonds is 8. The van der Waals surface area contributed by atoms with Crippen molar-refractivity contribution in [1.29, 1.82) is 0 Å². The molecule has 2 unspecified atom stereocenters. The van der Waals surface area contributed by atoms with E-state index < -0.39 is 10.8 Å². The van der Waals surface area contributed by atoms with Crippen LogP contribution in [0.4, 0.5) is 34.4 Å². The van der Waals surface area contributed by atoms with E-state index in [0.29, 0.717) is 0 Å². The number of furan rings is 4. The molecule has 26 aromatic rings. The first-order chi connectivity index (χ1) is 71.9. The zero-order chi connectivity index (χ0) is 100. The summed E-state index contributed by atoms with van der Waals surface area (Å²) in [6, 6.07) is 133. The zero-order valence-electron chi connectivity index (χ0n) is 84.1. The Bertz CT molecular complexity index is 10100. The first-order valence-corrected chi connectivity index (χ1v) is 52.7. The zero-order valence-corrected chi connectivity index (χ0v) is 87.3. The summed E-state index contributed by atoms with van der Waals surface area (Å²) < 4.78 is 35.6. The molecule has 714 valence electrons. The average molecular weight is 2050 g/mol. The van der Waals surface area contributed by atoms with Gasteiger partial charge in [-0.1, -0.05) is 327 Å². The van der Waals surface area contributed by atoms with Crippen LogP contribution in [0.15, 0.2) is 409 Å². The van der Waals surface area contributed by atoms with Crippen LogP contribution < -0.4 is 9.80 Å². The summed E-state index contributed by atoms with van der Waals surface area (Å²) in [6.45, 7) is 26.6. The van der Waals surface area contributed by atoms with Gasteiger partial charge in [-0.3, -0.25) is 14.8 Å². The first kappa shape index (κ1) is 89.2. The Morgan fingerprint density at radius 3 is 1.10 bits per heavy atom. The van der Waals surface area contributed by atoms with Gasteiger partial charge >= 0.3 is 0 Å². The predicted molar refractivity (Wildman–Crippen MR) is 617 cm³/mol. The molecular formula is C135H101Br2N7O4. The Morgan fingerprint density at radius 2 is 0.635 bits per heavy atom. The second-order valence-corrected chi connectivity index (χ2v) is 45.4. The third kappa shape index (κ3) is 13.0. The van der Waals surface area contributed by atoms with Crippen LogP contribution in [0.25, 0.3) is 165 Å². The minimum atomic E-state index is -0.959. The molecule has 148 heavy (non-hydrogen) atoms. The number of para-hydroxylation sites is 10. The lowest BCUT2D eigenvalue weighted by atomic mass is 9.65. The summed E-state index contributed by atoms with van der Waals surface area (Å²) in [4.78, 5) is 19.7. The van der Waals surface area contributed by atoms with E-state index in [4.69, 9.17) is 27.6 Å². The molecule has 2 atom stereocenters. The molecular weight excluding hydrogens is 1940 g/mol. The van der Waals surface area contributed by atoms with Gasteiger partial charge in [0, 0.05) is 128 Å². The molecule has 17 aromatic carbocycles. The number of halogens is 2. The van der Waals surface area contributed by atoms with Gasteiger partial charge in [0.2, 0.25) is 0 Å². The Labute approximate surface area is 873 Å². The third-order valence-corrected chi connectivity index (χ3v) is 33.0. The summed E-state index contributed by atoms with van der Waals surface area (Å²) in [6.07, 6.45) is 6.78. The number of anilines is 6. The number of fused-ring (bicyclic) bond motifs is 40. The van der Waals surface area contributed by atoms with Crippen LogP contribution in [0.2, 0.25) is 0 Å². The topological polar surface area (TPSA) is 108 Å². The first-order valence-electron chi connectivity index (χ1n) is 51.1. The monoisotopic (exact) mass is 2040 g/mol. The number of hydrogen-bond acceptors (Lipinski definition) is 9. The molecule has 11 heterocycles. The Balaban J connectivity index is 0.000000133. The highest BCUT2D eigenvalue weighted by atomic mass is 79.9. The predicted octanol–water partition coefficient (Wildman–Crippen LogP) is 37.3. The van der Waals surface area contributed by atoms with Crippen molar-refractivity contribution in [1.82, 2.24) is 24.1 Å². The van der Waals surface area contributed by atoms with Crippen molar-refractivity contribution >= 4 is 198 Å². The highest BCUT2D eigenvalue weighted by Gasteiger charge is 2.57. The van der Waals surface area contributed by atoms with Gasteiger partial charge in [0.15, 0.2) is 5.58 Å². The fourth-order valence-electron chi connectivity index (χ4n) is 25.0. The maximum absolute atomic E-state index is 7.61. The molecule has 0 amide bonds. The van der Waals surface area contributed by atoms with Gasteiger partial charge in [-0.15, -0.1) is 0 Å². The van der Waals surface area contributed by atoms with E-state index in [2.05, 4.69) is 491 Å². The summed E-state index contributed by atoms with van der Waals surface area (Å²) in [5.41, 5.74) is 39.8. The highest BCUT2D eigenvalue weighted by Crippen LogP contribution is 2.70. The molecule has 0 saturated heterocycles. The lowest BCUT2D eigenvalue weighted by Crippen LogP contribution is -2.34. The van der Waals surface area contributed by atoms with E-state index in [1.54, 1.807) is 0 Å². The maximum Gasteiger partial charge on any atom is 0.160 e. The van der Waals surface area contributed by atoms with E-state index >= 15 is 0 Å². The lowest BCUT2D eigenvalue weighted by Gasteiger charge is -2.40. The molecule has 0 radical (unpaired) electrons. The van der Waals surface area contributed by atoms with Crippen LogP contribution in [0.1, 0.15) is 151 Å². The van der Waals surface area contributed by atoms with Crippen LogP contribution in [-0.2, 0) is 33.5 Å². The minimum absolute atomic E-state index is 0.0501. The normalized spacial score (nSPS) is 14.8. The second kappa shape index (κ2) is 32.8. The molecule has 2 spiro atoms. The van der Waals surface area contributed by atoms with E-state index in [-0.39, 0.29) is 16.2 Å². The van der Waals surface area contributed by atoms with Crippen molar-refractivity contribution in [3.63, 3.8) is 0 Å². The van der Waals surface area contributed by atoms with Crippen molar-refractivity contribution in [2.24, 2.45) is 0 Å². The number of nitrogens with zero attached hydrogens (tertiary/aromatic N) is 7. The molecule has 11 nitrogen and oxygen atoms in total. The Hall–Kier alpha value is -16.5. The molecule has 9 aromatic heterocycles. The quantitative estimate of drug-likeness (QED) is 0.147. The molecule has 0 fully saturated rings. The molecule has 2 aliphatic carbocycles. The largest absolute Gasteiger partial charge is 0.455 e. The van der Waals surface area contributed by atoms with E-state index in [1.165, 1.54) is 116 Å². The van der Waals surface area contributed by atoms with Crippen LogP contribution >= 0.6 is 31.9 Å². The standard InChI is InChI=1S/C75H59N5O2.C43H21Br2NO2.C17H21N/c1-44-28-38-64(76-42-44)78(48-34-30-46(31-35-48)73(3,4)5)60-40-57-69(72-66(60)52-19-10-15-26-62(52)82-72)68-56(75(57)54-22-12-14-25-59(54)80-58-24-13-9-18-50(58)51-21-17-23-55(75)70(51)80)41-61(71-67(68)53-20-11-16-27-63(53)81-71)79(65-39-29-45(2)43-77-65)49-36-32-47(33-37-49)74(6,7)8;44-30-20-29-39(42-36(30)24-11-2-7-18-34(24)48-42)38-28(21-31(45)41-37(38)25-12-3-8-19-35(25)47-41)43(29)26-14-4-6-17-33(26)46-32-16-5-1-10-22(32)23-13-9-15-27(43)40(23)46;1-13-5-10-16(18-12-13)11-14-6-8-15(9-7-14)17(2,3)4/h9-43H,1-8H3;1-21H;5-10,12H,11H2,1-4H3. The lowest BCUT2D eigenvalue weighted by molar-refractivity contribution is 0.590. The molecule has 0 saturated carbocycles. The molecule has 4 aliphatic rings. The number of aryl methyl sites for hydroxylation is 3. The van der Waals surface area contributed by atoms with Gasteiger partial charge in [-0.25, -0.2) is 9.97 Å². The van der Waals surface area contributed by atoms with Gasteiger partial charge in [0.1, 0.15) is 50.7 Å². The molecule has 2 aliphatic heterocycles. The highest BCUT2D eigenvalue weighted by molar-refractivity contribution is 9.11. The maximum atomic E-state index is 7.61. The summed E-state index contributed by atoms with van der Waals surface area (Å²) in [5, 5.41) is 13.4. The Morgan fingerprint density at radius 1 is 0.284 bits per heavy atom. The van der Waals surface area contributed by atoms with Crippen molar-refractivity contribution in [2.75, 3.05) is 9.80 Å². The smallest absolute Gasteiger partial charge is 0.160 e. The van der Waals surface area contributed by atoms with Crippen molar-refractivity contribution in [3.05, 3.63) is 481 Å². The Kier molecular flexibility index (Phi) is 19.8. The SMILES string of the molecule is Brc1cc2c(c3c1oc1ccccc13)-c1c(cc(Br)c3c1oc1ccccc13)C21c2ccccc2-n2c3ccccc3c3cccc1c32.Cc1ccc(Cc2ccc(C(C)(C)C)cc2)nc1.Cc1ccc(N(c2ccc(C(C)(C)C)cc2)c2cc3c(c4c2oc2ccccc24)-c2c(cc(N(c4ccc(C(C)(C)C)cc4)c4ccc(C)cn4)c4c2oc2ccccc24)C32c3ccccc3-n3c4ccccc4c4cccc2c43)nc1. The summed E-state index contributed by atoms with van der Waals surface area (Å²) in [7, 11) is 0. The van der Waals surface area contributed by atoms with Crippen molar-refractivity contribution in [2.45, 2.75) is 117 Å². The fourth-order valence-corrected chi connectivity index (χ4v) is 26.1. The van der Waals surface area contributed by atoms with Crippen molar-refractivity contribution < 1.29 is 17.7 Å². The third-order valence-electron chi connectivity index (χ3n) is 31.8. The van der Waals surface area contributed by atoms with Gasteiger partial charge in [-0.05, 0) is 252 Å². The minimum Gasteiger partial charge on any atom is -0.455 e. The fraction of sp³-hybridized carbons (Fsp3) is 0.133. The number of benzene rings is 17. The van der Waals surface area contributed by atoms with E-state index in [1.807, 2.05) is 30.7 Å². The van der Waals surface area contributed by atoms with Gasteiger partial charge < -0.3 is 26.8 Å². The van der Waals surface area contributed by atoms with E-state index in [0.717, 1.165) is 188 Å². The van der Waals surface area contributed by atoms with Crippen molar-refractivity contribution in [3.8, 4) is 33.6 Å². The molecule has 0 bridgehead atoms. The molecule has 0 N–H and O–H groups in total. The number of hydrogen-bond donors (Lipinski definition) is 0. The van der Waals surface area contributed by atoms with Gasteiger partial charge in [0.25, 0.3) is 0 Å². The van der Waals surface area contributed by atoms with Crippen LogP contribution in [0, 0.1) is 20.8 Å². The molecule has 13 heteroatoms. The van der Waals surface area contributed by atoms with Gasteiger partial charge in [0.05, 0.1) is 65.5 Å². The number of pyridine rings is 3. The summed E-state index contributed by atoms with van der Waals surface area (Å²) >= 11 is 8.11. The molecule has 30 rings (SSSR count). The van der Waals surface area contributed by atoms with E-state index in [9.17, 15) is 0 Å². The van der Waals surface area contributed by atoms with Crippen LogP contribution in [-0.4, -0.2) is 24.1 Å². The van der Waals surface area contributed by atoms with Crippen LogP contribution in [0.3, 0.4) is 0 Å². The number of aromatic nitrogens is 5. The van der Waals surface area contributed by atoms with Crippen LogP contribution in [0.5, 0.6) is 0 Å². The van der Waals surface area contributed by atoms with Gasteiger partial charge in [-0.2, -0.15) is 0 Å².